The number of imidazole rings is 1. The second-order valence-corrected chi connectivity index (χ2v) is 5.36. The number of ether oxygens (including phenoxy) is 2. The van der Waals surface area contributed by atoms with Crippen molar-refractivity contribution in [3.63, 3.8) is 0 Å². The maximum absolute atomic E-state index is 5.51. The Morgan fingerprint density at radius 2 is 2.24 bits per heavy atom. The number of rotatable bonds is 5. The first-order valence-corrected chi connectivity index (χ1v) is 7.22. The van der Waals surface area contributed by atoms with Crippen molar-refractivity contribution in [2.24, 2.45) is 0 Å². The predicted octanol–water partition coefficient (Wildman–Crippen LogP) is 2.42. The molecule has 2 heterocycles. The van der Waals surface area contributed by atoms with E-state index in [1.165, 1.54) is 5.56 Å². The minimum atomic E-state index is 0.477. The molecule has 1 N–H and O–H groups in total. The molecule has 1 aromatic carbocycles. The molecule has 0 amide bonds. The Hall–Kier alpha value is -2.01. The van der Waals surface area contributed by atoms with Crippen molar-refractivity contribution in [2.45, 2.75) is 18.9 Å². The van der Waals surface area contributed by atoms with Gasteiger partial charge >= 0.3 is 0 Å². The van der Waals surface area contributed by atoms with Gasteiger partial charge in [0.2, 0.25) is 0 Å². The molecule has 5 nitrogen and oxygen atoms in total. The summed E-state index contributed by atoms with van der Waals surface area (Å²) in [6.07, 6.45) is 4.80. The molecule has 112 valence electrons. The van der Waals surface area contributed by atoms with Gasteiger partial charge in [0, 0.05) is 30.4 Å². The average molecular weight is 287 g/mol. The number of methoxy groups -OCH3 is 2. The topological polar surface area (TPSA) is 50.4 Å². The summed E-state index contributed by atoms with van der Waals surface area (Å²) in [5.41, 5.74) is 1.23. The molecule has 1 aromatic heterocycles. The van der Waals surface area contributed by atoms with Crippen molar-refractivity contribution in [3.8, 4) is 11.5 Å². The lowest BCUT2D eigenvalue weighted by Gasteiger charge is -2.17. The largest absolute Gasteiger partial charge is 0.497 e. The highest BCUT2D eigenvalue weighted by Crippen LogP contribution is 2.36. The second kappa shape index (κ2) is 6.18. The summed E-state index contributed by atoms with van der Waals surface area (Å²) in [7, 11) is 3.42. The SMILES string of the molecule is COc1ccc(OC)c([C@H]2CCN(Cc3ncc[nH]3)C2)c1. The van der Waals surface area contributed by atoms with Crippen LogP contribution in [-0.4, -0.2) is 42.2 Å². The van der Waals surface area contributed by atoms with E-state index < -0.39 is 0 Å². The molecular weight excluding hydrogens is 266 g/mol. The van der Waals surface area contributed by atoms with Gasteiger partial charge in [0.05, 0.1) is 20.8 Å². The molecule has 21 heavy (non-hydrogen) atoms. The van der Waals surface area contributed by atoms with E-state index >= 15 is 0 Å². The van der Waals surface area contributed by atoms with Gasteiger partial charge in [0.25, 0.3) is 0 Å². The van der Waals surface area contributed by atoms with Gasteiger partial charge in [-0.1, -0.05) is 0 Å². The lowest BCUT2D eigenvalue weighted by atomic mass is 9.97. The van der Waals surface area contributed by atoms with Crippen LogP contribution in [0.1, 0.15) is 23.7 Å². The van der Waals surface area contributed by atoms with Crippen LogP contribution >= 0.6 is 0 Å². The van der Waals surface area contributed by atoms with Crippen molar-refractivity contribution >= 4 is 0 Å². The molecule has 3 rings (SSSR count). The van der Waals surface area contributed by atoms with Gasteiger partial charge in [-0.2, -0.15) is 0 Å². The number of likely N-dealkylation sites (tertiary alicyclic amines) is 1. The van der Waals surface area contributed by atoms with Gasteiger partial charge in [0.1, 0.15) is 17.3 Å². The maximum atomic E-state index is 5.51. The lowest BCUT2D eigenvalue weighted by Crippen LogP contribution is -2.20. The van der Waals surface area contributed by atoms with Crippen molar-refractivity contribution in [2.75, 3.05) is 27.3 Å². The fraction of sp³-hybridized carbons (Fsp3) is 0.438. The van der Waals surface area contributed by atoms with Crippen molar-refractivity contribution in [1.29, 1.82) is 0 Å². The first-order valence-electron chi connectivity index (χ1n) is 7.22. The highest BCUT2D eigenvalue weighted by molar-refractivity contribution is 5.43. The van der Waals surface area contributed by atoms with Gasteiger partial charge in [-0.25, -0.2) is 4.98 Å². The van der Waals surface area contributed by atoms with E-state index in [9.17, 15) is 0 Å². The summed E-state index contributed by atoms with van der Waals surface area (Å²) in [4.78, 5) is 9.88. The first kappa shape index (κ1) is 13.9. The number of aromatic amines is 1. The minimum Gasteiger partial charge on any atom is -0.497 e. The number of nitrogens with one attached hydrogen (secondary N) is 1. The summed E-state index contributed by atoms with van der Waals surface area (Å²) in [6, 6.07) is 6.03. The summed E-state index contributed by atoms with van der Waals surface area (Å²) in [6.45, 7) is 2.96. The van der Waals surface area contributed by atoms with Crippen LogP contribution in [0.2, 0.25) is 0 Å². The molecule has 5 heteroatoms. The van der Waals surface area contributed by atoms with E-state index in [4.69, 9.17) is 9.47 Å². The predicted molar refractivity (Wildman–Crippen MR) is 80.8 cm³/mol. The van der Waals surface area contributed by atoms with Crippen molar-refractivity contribution < 1.29 is 9.47 Å². The van der Waals surface area contributed by atoms with Crippen LogP contribution < -0.4 is 9.47 Å². The molecule has 0 spiro atoms. The third kappa shape index (κ3) is 3.03. The number of hydrogen-bond acceptors (Lipinski definition) is 4. The summed E-state index contributed by atoms with van der Waals surface area (Å²) in [5, 5.41) is 0. The molecule has 0 aliphatic carbocycles. The van der Waals surface area contributed by atoms with Crippen LogP contribution in [0.15, 0.2) is 30.6 Å². The van der Waals surface area contributed by atoms with Crippen LogP contribution in [-0.2, 0) is 6.54 Å². The standard InChI is InChI=1S/C16H21N3O2/c1-20-13-3-4-15(21-2)14(9-13)12-5-8-19(10-12)11-16-17-6-7-18-16/h3-4,6-7,9,12H,5,8,10-11H2,1-2H3,(H,17,18)/t12-/m0/s1. The highest BCUT2D eigenvalue weighted by atomic mass is 16.5. The minimum absolute atomic E-state index is 0.477. The quantitative estimate of drug-likeness (QED) is 0.917. The average Bonchev–Trinajstić information content (AvgIpc) is 3.19. The van der Waals surface area contributed by atoms with Crippen LogP contribution in [0.3, 0.4) is 0 Å². The Bertz CT molecular complexity index is 583. The van der Waals surface area contributed by atoms with Crippen LogP contribution in [0.4, 0.5) is 0 Å². The van der Waals surface area contributed by atoms with Crippen molar-refractivity contribution in [3.05, 3.63) is 42.0 Å². The molecule has 1 fully saturated rings. The zero-order chi connectivity index (χ0) is 14.7. The number of nitrogens with zero attached hydrogens (tertiary/aromatic N) is 2. The van der Waals surface area contributed by atoms with E-state index in [2.05, 4.69) is 20.9 Å². The van der Waals surface area contributed by atoms with Gasteiger partial charge in [-0.05, 0) is 31.2 Å². The number of H-pyrrole nitrogens is 1. The van der Waals surface area contributed by atoms with E-state index in [0.29, 0.717) is 5.92 Å². The summed E-state index contributed by atoms with van der Waals surface area (Å²) >= 11 is 0. The smallest absolute Gasteiger partial charge is 0.122 e. The number of benzene rings is 1. The molecule has 0 bridgehead atoms. The highest BCUT2D eigenvalue weighted by Gasteiger charge is 2.26. The van der Waals surface area contributed by atoms with Gasteiger partial charge in [-0.3, -0.25) is 4.90 Å². The normalized spacial score (nSPS) is 18.9. The second-order valence-electron chi connectivity index (χ2n) is 5.36. The Morgan fingerprint density at radius 3 is 2.95 bits per heavy atom. The van der Waals surface area contributed by atoms with E-state index in [1.807, 2.05) is 18.3 Å². The Labute approximate surface area is 124 Å². The Morgan fingerprint density at radius 1 is 1.33 bits per heavy atom. The molecule has 1 saturated heterocycles. The Kier molecular flexibility index (Phi) is 4.10. The third-order valence-corrected chi connectivity index (χ3v) is 4.08. The summed E-state index contributed by atoms with van der Waals surface area (Å²) < 4.78 is 10.8. The molecule has 0 unspecified atom stereocenters. The van der Waals surface area contributed by atoms with Crippen LogP contribution in [0.5, 0.6) is 11.5 Å². The molecule has 1 aliphatic rings. The van der Waals surface area contributed by atoms with Gasteiger partial charge < -0.3 is 14.5 Å². The molecule has 0 radical (unpaired) electrons. The van der Waals surface area contributed by atoms with E-state index in [1.54, 1.807) is 20.4 Å². The van der Waals surface area contributed by atoms with Crippen LogP contribution in [0.25, 0.3) is 0 Å². The summed E-state index contributed by atoms with van der Waals surface area (Å²) in [5.74, 6) is 3.33. The fourth-order valence-corrected chi connectivity index (χ4v) is 2.98. The van der Waals surface area contributed by atoms with E-state index in [0.717, 1.165) is 43.4 Å². The number of hydrogen-bond donors (Lipinski definition) is 1. The molecule has 1 atom stereocenters. The first-order chi connectivity index (χ1) is 10.3. The van der Waals surface area contributed by atoms with Gasteiger partial charge in [0.15, 0.2) is 0 Å². The molecule has 0 saturated carbocycles. The molecular formula is C16H21N3O2. The lowest BCUT2D eigenvalue weighted by molar-refractivity contribution is 0.318. The number of aromatic nitrogens is 2. The Balaban J connectivity index is 1.73. The zero-order valence-corrected chi connectivity index (χ0v) is 12.5. The third-order valence-electron chi connectivity index (χ3n) is 4.08. The molecule has 2 aromatic rings. The van der Waals surface area contributed by atoms with Crippen molar-refractivity contribution in [1.82, 2.24) is 14.9 Å². The fourth-order valence-electron chi connectivity index (χ4n) is 2.98. The zero-order valence-electron chi connectivity index (χ0n) is 12.5. The van der Waals surface area contributed by atoms with Crippen LogP contribution in [0, 0.1) is 0 Å². The van der Waals surface area contributed by atoms with Gasteiger partial charge in [-0.15, -0.1) is 0 Å². The van der Waals surface area contributed by atoms with E-state index in [-0.39, 0.29) is 0 Å². The monoisotopic (exact) mass is 287 g/mol. The maximum Gasteiger partial charge on any atom is 0.122 e. The molecule has 1 aliphatic heterocycles.